The highest BCUT2D eigenvalue weighted by Crippen LogP contribution is 2.14. The molecule has 1 atom stereocenters. The molecule has 0 aliphatic heterocycles. The van der Waals surface area contributed by atoms with Gasteiger partial charge in [0.1, 0.15) is 5.52 Å². The van der Waals surface area contributed by atoms with E-state index in [4.69, 9.17) is 0 Å². The molecule has 114 valence electrons. The van der Waals surface area contributed by atoms with E-state index >= 15 is 0 Å². The first-order valence-corrected chi connectivity index (χ1v) is 7.30. The molecule has 0 spiro atoms. The van der Waals surface area contributed by atoms with Gasteiger partial charge in [-0.2, -0.15) is 0 Å². The first-order chi connectivity index (χ1) is 10.0. The molecule has 0 radical (unpaired) electrons. The molecule has 6 heteroatoms. The number of aliphatic hydroxyl groups excluding tert-OH is 1. The molecule has 1 unspecified atom stereocenters. The zero-order valence-corrected chi connectivity index (χ0v) is 12.7. The molecule has 2 rings (SSSR count). The van der Waals surface area contributed by atoms with Crippen LogP contribution in [0.15, 0.2) is 18.2 Å². The minimum absolute atomic E-state index is 0.0574. The van der Waals surface area contributed by atoms with Gasteiger partial charge >= 0.3 is 0 Å². The number of nitrogens with one attached hydrogen (secondary N) is 1. The van der Waals surface area contributed by atoms with Crippen LogP contribution in [-0.2, 0) is 6.54 Å². The third-order valence-corrected chi connectivity index (χ3v) is 3.39. The van der Waals surface area contributed by atoms with Crippen LogP contribution in [0.1, 0.15) is 37.6 Å². The van der Waals surface area contributed by atoms with Crippen molar-refractivity contribution in [1.29, 1.82) is 0 Å². The number of aryl methyl sites for hydroxylation is 1. The van der Waals surface area contributed by atoms with E-state index in [-0.39, 0.29) is 18.6 Å². The maximum Gasteiger partial charge on any atom is 0.251 e. The second-order valence-corrected chi connectivity index (χ2v) is 5.59. The number of aliphatic hydroxyl groups is 1. The molecule has 21 heavy (non-hydrogen) atoms. The lowest BCUT2D eigenvalue weighted by molar-refractivity contribution is 0.0908. The van der Waals surface area contributed by atoms with Crippen molar-refractivity contribution >= 4 is 16.9 Å². The maximum atomic E-state index is 12.2. The van der Waals surface area contributed by atoms with Crippen molar-refractivity contribution in [3.8, 4) is 0 Å². The second kappa shape index (κ2) is 6.67. The molecule has 6 nitrogen and oxygen atoms in total. The molecule has 2 N–H and O–H groups in total. The lowest BCUT2D eigenvalue weighted by Gasteiger charge is -2.18. The average molecular weight is 290 g/mol. The number of carbonyl (C=O) groups is 1. The summed E-state index contributed by atoms with van der Waals surface area (Å²) in [6.45, 7) is 6.79. The zero-order chi connectivity index (χ0) is 15.4. The van der Waals surface area contributed by atoms with Crippen LogP contribution in [0.2, 0.25) is 0 Å². The summed E-state index contributed by atoms with van der Waals surface area (Å²) in [6.07, 6.45) is 0.747. The van der Waals surface area contributed by atoms with Gasteiger partial charge in [0, 0.05) is 12.1 Å². The fourth-order valence-electron chi connectivity index (χ4n) is 2.36. The zero-order valence-electron chi connectivity index (χ0n) is 12.7. The Morgan fingerprint density at radius 2 is 2.19 bits per heavy atom. The van der Waals surface area contributed by atoms with Crippen molar-refractivity contribution in [2.75, 3.05) is 6.61 Å². The van der Waals surface area contributed by atoms with Gasteiger partial charge in [0.15, 0.2) is 0 Å². The average Bonchev–Trinajstić information content (AvgIpc) is 2.87. The molecule has 1 amide bonds. The predicted octanol–water partition coefficient (Wildman–Crippen LogP) is 1.59. The summed E-state index contributed by atoms with van der Waals surface area (Å²) >= 11 is 0. The van der Waals surface area contributed by atoms with Crippen molar-refractivity contribution in [2.24, 2.45) is 5.92 Å². The lowest BCUT2D eigenvalue weighted by atomic mass is 10.0. The van der Waals surface area contributed by atoms with Crippen LogP contribution in [0.25, 0.3) is 11.0 Å². The molecular formula is C15H22N4O2. The van der Waals surface area contributed by atoms with Gasteiger partial charge in [-0.15, -0.1) is 5.10 Å². The van der Waals surface area contributed by atoms with E-state index in [2.05, 4.69) is 29.5 Å². The number of hydrogen-bond acceptors (Lipinski definition) is 4. The van der Waals surface area contributed by atoms with E-state index in [1.807, 2.05) is 13.0 Å². The molecule has 0 saturated carbocycles. The quantitative estimate of drug-likeness (QED) is 0.846. The Balaban J connectivity index is 2.15. The molecule has 0 aliphatic rings. The summed E-state index contributed by atoms with van der Waals surface area (Å²) < 4.78 is 1.78. The van der Waals surface area contributed by atoms with Gasteiger partial charge in [0.05, 0.1) is 18.2 Å². The van der Waals surface area contributed by atoms with Crippen LogP contribution < -0.4 is 5.32 Å². The van der Waals surface area contributed by atoms with Gasteiger partial charge in [-0.3, -0.25) is 4.79 Å². The van der Waals surface area contributed by atoms with Crippen LogP contribution in [-0.4, -0.2) is 38.7 Å². The molecule has 1 heterocycles. The minimum Gasteiger partial charge on any atom is -0.394 e. The van der Waals surface area contributed by atoms with E-state index in [0.29, 0.717) is 17.0 Å². The molecule has 0 fully saturated rings. The number of benzene rings is 1. The number of carbonyl (C=O) groups excluding carboxylic acids is 1. The molecule has 0 saturated heterocycles. The first kappa shape index (κ1) is 15.4. The molecule has 0 bridgehead atoms. The predicted molar refractivity (Wildman–Crippen MR) is 81.0 cm³/mol. The largest absolute Gasteiger partial charge is 0.394 e. The maximum absolute atomic E-state index is 12.2. The van der Waals surface area contributed by atoms with Crippen molar-refractivity contribution < 1.29 is 9.90 Å². The van der Waals surface area contributed by atoms with E-state index < -0.39 is 0 Å². The van der Waals surface area contributed by atoms with Crippen molar-refractivity contribution in [1.82, 2.24) is 20.3 Å². The lowest BCUT2D eigenvalue weighted by Crippen LogP contribution is -2.38. The van der Waals surface area contributed by atoms with Gasteiger partial charge in [0.2, 0.25) is 0 Å². The molecule has 0 aliphatic carbocycles. The number of hydrogen-bond donors (Lipinski definition) is 2. The summed E-state index contributed by atoms with van der Waals surface area (Å²) in [7, 11) is 0. The molecular weight excluding hydrogens is 268 g/mol. The number of fused-ring (bicyclic) bond motifs is 1. The Labute approximate surface area is 124 Å². The van der Waals surface area contributed by atoms with Gasteiger partial charge < -0.3 is 10.4 Å². The Bertz CT molecular complexity index is 621. The Morgan fingerprint density at radius 3 is 2.81 bits per heavy atom. The Morgan fingerprint density at radius 1 is 1.43 bits per heavy atom. The summed E-state index contributed by atoms with van der Waals surface area (Å²) in [4.78, 5) is 12.2. The third kappa shape index (κ3) is 3.58. The highest BCUT2D eigenvalue weighted by Gasteiger charge is 2.15. The van der Waals surface area contributed by atoms with E-state index in [1.54, 1.807) is 16.8 Å². The third-order valence-electron chi connectivity index (χ3n) is 3.39. The monoisotopic (exact) mass is 290 g/mol. The van der Waals surface area contributed by atoms with Crippen molar-refractivity contribution in [2.45, 2.75) is 39.8 Å². The van der Waals surface area contributed by atoms with Crippen LogP contribution in [0, 0.1) is 5.92 Å². The fraction of sp³-hybridized carbons (Fsp3) is 0.533. The van der Waals surface area contributed by atoms with Crippen LogP contribution in [0.5, 0.6) is 0 Å². The summed E-state index contributed by atoms with van der Waals surface area (Å²) in [5.41, 5.74) is 2.15. The number of nitrogens with zero attached hydrogens (tertiary/aromatic N) is 3. The number of amides is 1. The van der Waals surface area contributed by atoms with Gasteiger partial charge in [-0.05, 0) is 37.5 Å². The highest BCUT2D eigenvalue weighted by molar-refractivity contribution is 5.97. The van der Waals surface area contributed by atoms with Gasteiger partial charge in [-0.25, -0.2) is 4.68 Å². The smallest absolute Gasteiger partial charge is 0.251 e. The highest BCUT2D eigenvalue weighted by atomic mass is 16.3. The summed E-state index contributed by atoms with van der Waals surface area (Å²) in [5, 5.41) is 20.3. The topological polar surface area (TPSA) is 80.0 Å². The summed E-state index contributed by atoms with van der Waals surface area (Å²) in [6, 6.07) is 5.12. The Kier molecular flexibility index (Phi) is 4.90. The van der Waals surface area contributed by atoms with Crippen LogP contribution in [0.3, 0.4) is 0 Å². The second-order valence-electron chi connectivity index (χ2n) is 5.59. The molecule has 1 aromatic carbocycles. The van der Waals surface area contributed by atoms with E-state index in [0.717, 1.165) is 18.5 Å². The number of rotatable bonds is 6. The SMILES string of the molecule is CCn1nnc2cc(C(=O)NC(CO)CC(C)C)ccc21. The van der Waals surface area contributed by atoms with E-state index in [9.17, 15) is 9.90 Å². The van der Waals surface area contributed by atoms with Gasteiger partial charge in [-0.1, -0.05) is 19.1 Å². The minimum atomic E-state index is -0.223. The van der Waals surface area contributed by atoms with Gasteiger partial charge in [0.25, 0.3) is 5.91 Å². The Hall–Kier alpha value is -1.95. The fourth-order valence-corrected chi connectivity index (χ4v) is 2.36. The number of aromatic nitrogens is 3. The van der Waals surface area contributed by atoms with Crippen LogP contribution >= 0.6 is 0 Å². The van der Waals surface area contributed by atoms with Crippen LogP contribution in [0.4, 0.5) is 0 Å². The first-order valence-electron chi connectivity index (χ1n) is 7.30. The normalized spacial score (nSPS) is 12.8. The van der Waals surface area contributed by atoms with Crippen molar-refractivity contribution in [3.05, 3.63) is 23.8 Å². The van der Waals surface area contributed by atoms with Crippen molar-refractivity contribution in [3.63, 3.8) is 0 Å². The summed E-state index contributed by atoms with van der Waals surface area (Å²) in [5.74, 6) is 0.219. The molecule has 1 aromatic heterocycles. The standard InChI is InChI=1S/C15H22N4O2/c1-4-19-14-6-5-11(8-13(14)17-18-19)15(21)16-12(9-20)7-10(2)3/h5-6,8,10,12,20H,4,7,9H2,1-3H3,(H,16,21). The van der Waals surface area contributed by atoms with E-state index in [1.165, 1.54) is 0 Å². The molecule has 2 aromatic rings.